The van der Waals surface area contributed by atoms with Gasteiger partial charge < -0.3 is 10.3 Å². The molecule has 0 aliphatic heterocycles. The minimum Gasteiger partial charge on any atom is -0.375 e. The van der Waals surface area contributed by atoms with Crippen LogP contribution in [0.15, 0.2) is 16.5 Å². The molecule has 88 valence electrons. The van der Waals surface area contributed by atoms with Crippen LogP contribution in [0, 0.1) is 0 Å². The number of nitrogens with one attached hydrogen (secondary N) is 1. The zero-order valence-corrected chi connectivity index (χ0v) is 10.3. The molecule has 0 radical (unpaired) electrons. The van der Waals surface area contributed by atoms with E-state index in [1.807, 2.05) is 0 Å². The Kier molecular flexibility index (Phi) is 3.60. The van der Waals surface area contributed by atoms with Gasteiger partial charge in [0.15, 0.2) is 5.11 Å². The van der Waals surface area contributed by atoms with Crippen LogP contribution in [0.4, 0.5) is 0 Å². The highest BCUT2D eigenvalue weighted by Crippen LogP contribution is 2.06. The van der Waals surface area contributed by atoms with Gasteiger partial charge in [0.1, 0.15) is 0 Å². The highest BCUT2D eigenvalue weighted by atomic mass is 32.2. The summed E-state index contributed by atoms with van der Waals surface area (Å²) in [6.45, 7) is 0. The average molecular weight is 261 g/mol. The molecule has 0 fully saturated rings. The van der Waals surface area contributed by atoms with Gasteiger partial charge in [-0.2, -0.15) is 5.10 Å². The molecule has 1 aromatic heterocycles. The topological polar surface area (TPSA) is 102 Å². The van der Waals surface area contributed by atoms with Gasteiger partial charge in [0.2, 0.25) is 15.0 Å². The van der Waals surface area contributed by atoms with Crippen LogP contribution < -0.4 is 11.2 Å². The Morgan fingerprint density at radius 2 is 2.38 bits per heavy atom. The minimum atomic E-state index is -3.33. The number of hydrogen-bond donors (Lipinski definition) is 2. The SMILES string of the molecule is Cn1c(/C=N/NC(N)=S)cnc1S(C)(=O)=O. The molecule has 0 aliphatic rings. The predicted molar refractivity (Wildman–Crippen MR) is 63.8 cm³/mol. The number of nitrogens with zero attached hydrogens (tertiary/aromatic N) is 3. The maximum absolute atomic E-state index is 11.3. The van der Waals surface area contributed by atoms with E-state index in [1.54, 1.807) is 7.05 Å². The molecule has 7 nitrogen and oxygen atoms in total. The standard InChI is InChI=1S/C7H11N5O2S2/c1-12-5(4-10-11-6(8)15)3-9-7(12)16(2,13)14/h3-4H,1-2H3,(H3,8,11,15)/b10-4+. The fourth-order valence-corrected chi connectivity index (χ4v) is 1.93. The molecule has 1 heterocycles. The fourth-order valence-electron chi connectivity index (χ4n) is 1.03. The van der Waals surface area contributed by atoms with Gasteiger partial charge in [0, 0.05) is 13.3 Å². The van der Waals surface area contributed by atoms with Gasteiger partial charge in [-0.05, 0) is 12.2 Å². The largest absolute Gasteiger partial charge is 0.375 e. The van der Waals surface area contributed by atoms with Crippen molar-refractivity contribution in [3.63, 3.8) is 0 Å². The van der Waals surface area contributed by atoms with Crippen molar-refractivity contribution in [2.45, 2.75) is 5.16 Å². The zero-order chi connectivity index (χ0) is 12.3. The van der Waals surface area contributed by atoms with Crippen LogP contribution in [0.1, 0.15) is 5.69 Å². The molecule has 0 saturated carbocycles. The van der Waals surface area contributed by atoms with Crippen molar-refractivity contribution in [3.05, 3.63) is 11.9 Å². The first kappa shape index (κ1) is 12.6. The van der Waals surface area contributed by atoms with E-state index < -0.39 is 9.84 Å². The molecule has 1 rings (SSSR count). The number of aromatic nitrogens is 2. The van der Waals surface area contributed by atoms with Crippen molar-refractivity contribution in [3.8, 4) is 0 Å². The van der Waals surface area contributed by atoms with E-state index in [2.05, 4.69) is 27.7 Å². The third kappa shape index (κ3) is 3.00. The zero-order valence-electron chi connectivity index (χ0n) is 8.71. The molecule has 0 saturated heterocycles. The normalized spacial score (nSPS) is 11.9. The monoisotopic (exact) mass is 261 g/mol. The van der Waals surface area contributed by atoms with Crippen LogP contribution in [0.25, 0.3) is 0 Å². The van der Waals surface area contributed by atoms with Gasteiger partial charge in [-0.3, -0.25) is 5.43 Å². The van der Waals surface area contributed by atoms with Crippen LogP contribution in [0.3, 0.4) is 0 Å². The third-order valence-electron chi connectivity index (χ3n) is 1.68. The third-order valence-corrected chi connectivity index (χ3v) is 2.82. The van der Waals surface area contributed by atoms with Gasteiger partial charge in [0.05, 0.1) is 18.1 Å². The lowest BCUT2D eigenvalue weighted by Gasteiger charge is -2.00. The van der Waals surface area contributed by atoms with E-state index in [0.29, 0.717) is 5.69 Å². The molecule has 0 aliphatic carbocycles. The van der Waals surface area contributed by atoms with Crippen LogP contribution in [-0.4, -0.2) is 35.6 Å². The second-order valence-corrected chi connectivity index (χ2v) is 5.38. The van der Waals surface area contributed by atoms with E-state index in [4.69, 9.17) is 5.73 Å². The van der Waals surface area contributed by atoms with Gasteiger partial charge in [-0.1, -0.05) is 0 Å². The molecular weight excluding hydrogens is 250 g/mol. The lowest BCUT2D eigenvalue weighted by Crippen LogP contribution is -2.24. The fraction of sp³-hybridized carbons (Fsp3) is 0.286. The first-order valence-corrected chi connectivity index (χ1v) is 6.42. The van der Waals surface area contributed by atoms with Crippen molar-refractivity contribution >= 4 is 33.4 Å². The molecule has 0 unspecified atom stereocenters. The molecule has 16 heavy (non-hydrogen) atoms. The number of imidazole rings is 1. The number of rotatable bonds is 3. The predicted octanol–water partition coefficient (Wildman–Crippen LogP) is -1.01. The summed E-state index contributed by atoms with van der Waals surface area (Å²) in [6.07, 6.45) is 3.85. The van der Waals surface area contributed by atoms with Crippen molar-refractivity contribution in [1.82, 2.24) is 15.0 Å². The summed E-state index contributed by atoms with van der Waals surface area (Å²) in [4.78, 5) is 3.78. The Bertz CT molecular complexity index is 531. The summed E-state index contributed by atoms with van der Waals surface area (Å²) in [6, 6.07) is 0. The Labute approximate surface area is 98.3 Å². The lowest BCUT2D eigenvalue weighted by molar-refractivity contribution is 0.585. The minimum absolute atomic E-state index is 0.0238. The number of sulfone groups is 1. The molecule has 0 bridgehead atoms. The van der Waals surface area contributed by atoms with Crippen LogP contribution >= 0.6 is 12.2 Å². The van der Waals surface area contributed by atoms with E-state index in [0.717, 1.165) is 6.26 Å². The summed E-state index contributed by atoms with van der Waals surface area (Å²) in [5.41, 5.74) is 8.03. The van der Waals surface area contributed by atoms with Gasteiger partial charge >= 0.3 is 0 Å². The Morgan fingerprint density at radius 3 is 2.81 bits per heavy atom. The van der Waals surface area contributed by atoms with E-state index in [1.165, 1.54) is 17.0 Å². The first-order valence-electron chi connectivity index (χ1n) is 4.12. The summed E-state index contributed by atoms with van der Waals surface area (Å²) >= 11 is 4.54. The maximum Gasteiger partial charge on any atom is 0.227 e. The highest BCUT2D eigenvalue weighted by molar-refractivity contribution is 7.90. The van der Waals surface area contributed by atoms with Crippen molar-refractivity contribution in [2.24, 2.45) is 17.9 Å². The van der Waals surface area contributed by atoms with Crippen LogP contribution in [0.2, 0.25) is 0 Å². The maximum atomic E-state index is 11.3. The van der Waals surface area contributed by atoms with E-state index in [9.17, 15) is 8.42 Å². The van der Waals surface area contributed by atoms with Crippen LogP contribution in [0.5, 0.6) is 0 Å². The van der Waals surface area contributed by atoms with Gasteiger partial charge in [-0.25, -0.2) is 13.4 Å². The summed E-state index contributed by atoms with van der Waals surface area (Å²) in [5, 5.41) is 3.71. The molecule has 0 aromatic carbocycles. The average Bonchev–Trinajstić information content (AvgIpc) is 2.46. The molecular formula is C7H11N5O2S2. The van der Waals surface area contributed by atoms with E-state index >= 15 is 0 Å². The number of hydrogen-bond acceptors (Lipinski definition) is 5. The van der Waals surface area contributed by atoms with Crippen molar-refractivity contribution in [2.75, 3.05) is 6.26 Å². The second-order valence-electron chi connectivity index (χ2n) is 3.03. The first-order chi connectivity index (χ1) is 7.32. The molecule has 0 atom stereocenters. The molecule has 0 amide bonds. The Morgan fingerprint density at radius 1 is 1.75 bits per heavy atom. The smallest absolute Gasteiger partial charge is 0.227 e. The molecule has 0 spiro atoms. The lowest BCUT2D eigenvalue weighted by atomic mass is 10.5. The van der Waals surface area contributed by atoms with Crippen LogP contribution in [-0.2, 0) is 16.9 Å². The number of nitrogens with two attached hydrogens (primary N) is 1. The van der Waals surface area contributed by atoms with Crippen molar-refractivity contribution in [1.29, 1.82) is 0 Å². The van der Waals surface area contributed by atoms with Crippen molar-refractivity contribution < 1.29 is 8.42 Å². The van der Waals surface area contributed by atoms with Gasteiger partial charge in [-0.15, -0.1) is 0 Å². The van der Waals surface area contributed by atoms with Gasteiger partial charge in [0.25, 0.3) is 0 Å². The Hall–Kier alpha value is -1.48. The quantitative estimate of drug-likeness (QED) is 0.410. The summed E-state index contributed by atoms with van der Waals surface area (Å²) in [5.74, 6) is 0. The molecule has 1 aromatic rings. The molecule has 3 N–H and O–H groups in total. The molecule has 9 heteroatoms. The summed E-state index contributed by atoms with van der Waals surface area (Å²) in [7, 11) is -1.76. The highest BCUT2D eigenvalue weighted by Gasteiger charge is 2.14. The number of thiocarbonyl (C=S) groups is 1. The van der Waals surface area contributed by atoms with E-state index in [-0.39, 0.29) is 10.3 Å². The second kappa shape index (κ2) is 4.58. The Balaban J connectivity index is 2.97. The number of hydrazone groups is 1. The summed E-state index contributed by atoms with van der Waals surface area (Å²) < 4.78 is 23.9.